The van der Waals surface area contributed by atoms with E-state index in [1.54, 1.807) is 0 Å². The van der Waals surface area contributed by atoms with Crippen LogP contribution in [0, 0.1) is 0 Å². The topological polar surface area (TPSA) is 15.8 Å². The molecule has 0 radical (unpaired) electrons. The molecule has 10 heavy (non-hydrogen) atoms. The summed E-state index contributed by atoms with van der Waals surface area (Å²) in [6.07, 6.45) is 6.70. The first-order valence-electron chi connectivity index (χ1n) is 3.71. The van der Waals surface area contributed by atoms with E-state index in [0.717, 1.165) is 0 Å². The van der Waals surface area contributed by atoms with E-state index in [9.17, 15) is 0 Å². The Morgan fingerprint density at radius 1 is 1.60 bits per heavy atom. The van der Waals surface area contributed by atoms with E-state index in [4.69, 9.17) is 0 Å². The monoisotopic (exact) mass is 135 g/mol. The van der Waals surface area contributed by atoms with Crippen LogP contribution in [0.5, 0.6) is 0 Å². The van der Waals surface area contributed by atoms with Crippen LogP contribution in [0.25, 0.3) is 11.6 Å². The zero-order valence-corrected chi connectivity index (χ0v) is 6.15. The number of hydrogen-bond donors (Lipinski definition) is 1. The summed E-state index contributed by atoms with van der Waals surface area (Å²) in [5.41, 5.74) is 1.51. The molecule has 0 bridgehead atoms. The molecule has 1 aromatic heterocycles. The lowest BCUT2D eigenvalue weighted by Crippen LogP contribution is -2.26. The van der Waals surface area contributed by atoms with Gasteiger partial charge in [0.05, 0.1) is 0 Å². The molecule has 1 aromatic rings. The molecular weight excluding hydrogens is 122 g/mol. The van der Waals surface area contributed by atoms with E-state index >= 15 is 0 Å². The minimum absolute atomic E-state index is 0. The summed E-state index contributed by atoms with van der Waals surface area (Å²) >= 11 is 0. The van der Waals surface area contributed by atoms with E-state index in [-0.39, 0.29) is 1.43 Å². The largest absolute Gasteiger partial charge is 0.361 e. The standard InChI is InChI=1S/C9H11N.H2/c1-7-3-2-4-9-8(7)5-6-10-9;/h4-6,10H,2-3H2,1H3;1H. The van der Waals surface area contributed by atoms with Gasteiger partial charge in [-0.25, -0.2) is 0 Å². The van der Waals surface area contributed by atoms with Crippen LogP contribution in [0.4, 0.5) is 0 Å². The highest BCUT2D eigenvalue weighted by atomic mass is 14.6. The summed E-state index contributed by atoms with van der Waals surface area (Å²) in [6, 6.07) is 2.15. The molecule has 54 valence electrons. The zero-order chi connectivity index (χ0) is 6.97. The lowest BCUT2D eigenvalue weighted by atomic mass is 10.1. The summed E-state index contributed by atoms with van der Waals surface area (Å²) in [6.45, 7) is 2.21. The first-order chi connectivity index (χ1) is 4.88. The predicted molar refractivity (Wildman–Crippen MR) is 44.9 cm³/mol. The first-order valence-corrected chi connectivity index (χ1v) is 3.71. The first kappa shape index (κ1) is 5.78. The molecule has 1 nitrogen and oxygen atoms in total. The summed E-state index contributed by atoms with van der Waals surface area (Å²) < 4.78 is 0. The smallest absolute Gasteiger partial charge is 0.0412 e. The van der Waals surface area contributed by atoms with Crippen molar-refractivity contribution in [2.75, 3.05) is 0 Å². The quantitative estimate of drug-likeness (QED) is 0.546. The number of hydrogen-bond acceptors (Lipinski definition) is 0. The van der Waals surface area contributed by atoms with Crippen molar-refractivity contribution in [1.82, 2.24) is 4.98 Å². The fourth-order valence-electron chi connectivity index (χ4n) is 1.49. The minimum atomic E-state index is 0. The maximum atomic E-state index is 3.21. The zero-order valence-electron chi connectivity index (χ0n) is 6.15. The van der Waals surface area contributed by atoms with Gasteiger partial charge < -0.3 is 4.98 Å². The molecule has 1 N–H and O–H groups in total. The van der Waals surface area contributed by atoms with Crippen LogP contribution in [-0.4, -0.2) is 4.98 Å². The Kier molecular flexibility index (Phi) is 1.16. The molecule has 0 aliphatic heterocycles. The molecule has 1 heterocycles. The highest BCUT2D eigenvalue weighted by Gasteiger charge is 1.98. The highest BCUT2D eigenvalue weighted by molar-refractivity contribution is 5.47. The molecule has 0 saturated heterocycles. The van der Waals surface area contributed by atoms with Crippen molar-refractivity contribution in [3.8, 4) is 0 Å². The molecule has 0 atom stereocenters. The fourth-order valence-corrected chi connectivity index (χ4v) is 1.49. The van der Waals surface area contributed by atoms with Gasteiger partial charge in [0.1, 0.15) is 0 Å². The average molecular weight is 135 g/mol. The van der Waals surface area contributed by atoms with Crippen molar-refractivity contribution in [2.24, 2.45) is 0 Å². The Morgan fingerprint density at radius 2 is 2.50 bits per heavy atom. The van der Waals surface area contributed by atoms with Crippen molar-refractivity contribution in [2.45, 2.75) is 19.8 Å². The Bertz CT molecular complexity index is 348. The van der Waals surface area contributed by atoms with Gasteiger partial charge in [-0.05, 0) is 31.1 Å². The second kappa shape index (κ2) is 2.01. The van der Waals surface area contributed by atoms with Crippen LogP contribution < -0.4 is 10.6 Å². The van der Waals surface area contributed by atoms with Crippen LogP contribution in [0.3, 0.4) is 0 Å². The minimum Gasteiger partial charge on any atom is -0.361 e. The molecule has 1 heteroatoms. The Labute approximate surface area is 61.6 Å². The van der Waals surface area contributed by atoms with Crippen molar-refractivity contribution >= 4 is 11.6 Å². The molecule has 1 aliphatic carbocycles. The van der Waals surface area contributed by atoms with E-state index in [2.05, 4.69) is 24.1 Å². The molecule has 0 unspecified atom stereocenters. The highest BCUT2D eigenvalue weighted by Crippen LogP contribution is 2.04. The van der Waals surface area contributed by atoms with E-state index in [1.165, 1.54) is 29.0 Å². The summed E-state index contributed by atoms with van der Waals surface area (Å²) in [5.74, 6) is 0. The van der Waals surface area contributed by atoms with Gasteiger partial charge in [-0.3, -0.25) is 0 Å². The van der Waals surface area contributed by atoms with Crippen molar-refractivity contribution in [3.05, 3.63) is 22.8 Å². The summed E-state index contributed by atoms with van der Waals surface area (Å²) in [5, 5.41) is 2.72. The van der Waals surface area contributed by atoms with E-state index < -0.39 is 0 Å². The second-order valence-corrected chi connectivity index (χ2v) is 2.83. The number of nitrogens with one attached hydrogen (secondary N) is 1. The molecule has 0 aromatic carbocycles. The normalized spacial score (nSPS) is 16.3. The van der Waals surface area contributed by atoms with Gasteiger partial charge in [-0.2, -0.15) is 0 Å². The third-order valence-electron chi connectivity index (χ3n) is 2.11. The van der Waals surface area contributed by atoms with Crippen molar-refractivity contribution in [3.63, 3.8) is 0 Å². The van der Waals surface area contributed by atoms with Gasteiger partial charge in [0.15, 0.2) is 0 Å². The predicted octanol–water partition coefficient (Wildman–Crippen LogP) is 1.01. The maximum Gasteiger partial charge on any atom is 0.0412 e. The van der Waals surface area contributed by atoms with Gasteiger partial charge in [0.2, 0.25) is 0 Å². The maximum absolute atomic E-state index is 3.21. The van der Waals surface area contributed by atoms with Crippen molar-refractivity contribution < 1.29 is 1.43 Å². The molecular formula is C9H13N. The number of rotatable bonds is 0. The van der Waals surface area contributed by atoms with Gasteiger partial charge in [0, 0.05) is 13.0 Å². The Morgan fingerprint density at radius 3 is 3.30 bits per heavy atom. The third-order valence-corrected chi connectivity index (χ3v) is 2.11. The SMILES string of the molecule is CC1=c2cc[nH]c2=CCC1.[HH]. The van der Waals surface area contributed by atoms with Gasteiger partial charge in [-0.15, -0.1) is 0 Å². The van der Waals surface area contributed by atoms with E-state index in [0.29, 0.717) is 0 Å². The average Bonchev–Trinajstić information content (AvgIpc) is 2.36. The van der Waals surface area contributed by atoms with Gasteiger partial charge in [0.25, 0.3) is 0 Å². The lowest BCUT2D eigenvalue weighted by Gasteiger charge is -2.00. The second-order valence-electron chi connectivity index (χ2n) is 2.83. The molecule has 0 fully saturated rings. The molecule has 1 aliphatic rings. The van der Waals surface area contributed by atoms with Crippen molar-refractivity contribution in [1.29, 1.82) is 0 Å². The van der Waals surface area contributed by atoms with Crippen LogP contribution in [0.2, 0.25) is 0 Å². The molecule has 0 saturated carbocycles. The number of aromatic nitrogens is 1. The van der Waals surface area contributed by atoms with Gasteiger partial charge >= 0.3 is 0 Å². The van der Waals surface area contributed by atoms with Crippen LogP contribution in [0.1, 0.15) is 21.2 Å². The summed E-state index contributed by atoms with van der Waals surface area (Å²) in [7, 11) is 0. The lowest BCUT2D eigenvalue weighted by molar-refractivity contribution is 1.05. The Hall–Kier alpha value is -0.980. The van der Waals surface area contributed by atoms with Crippen LogP contribution >= 0.6 is 0 Å². The molecule has 2 rings (SSSR count). The summed E-state index contributed by atoms with van der Waals surface area (Å²) in [4.78, 5) is 3.21. The number of H-pyrrole nitrogens is 1. The number of fused-ring (bicyclic) bond motifs is 1. The van der Waals surface area contributed by atoms with Crippen LogP contribution in [0.15, 0.2) is 12.3 Å². The van der Waals surface area contributed by atoms with E-state index in [1.807, 2.05) is 6.20 Å². The molecule has 0 amide bonds. The van der Waals surface area contributed by atoms with Gasteiger partial charge in [-0.1, -0.05) is 11.6 Å². The molecule has 0 spiro atoms. The van der Waals surface area contributed by atoms with Crippen LogP contribution in [-0.2, 0) is 0 Å². The fraction of sp³-hybridized carbons (Fsp3) is 0.333. The third kappa shape index (κ3) is 0.703. The number of aromatic amines is 1. The Balaban J connectivity index is 0.000000605.